The van der Waals surface area contributed by atoms with Crippen molar-refractivity contribution < 1.29 is 4.74 Å². The first-order valence-corrected chi connectivity index (χ1v) is 7.56. The minimum atomic E-state index is 0.0468. The van der Waals surface area contributed by atoms with Crippen LogP contribution >= 0.6 is 0 Å². The summed E-state index contributed by atoms with van der Waals surface area (Å²) in [5, 5.41) is 6.61. The fourth-order valence-electron chi connectivity index (χ4n) is 2.09. The molecule has 4 nitrogen and oxygen atoms in total. The smallest absolute Gasteiger partial charge is 0.191 e. The van der Waals surface area contributed by atoms with E-state index >= 15 is 0 Å². The monoisotopic (exact) mass is 291 g/mol. The second-order valence-electron chi connectivity index (χ2n) is 5.78. The second kappa shape index (κ2) is 8.67. The maximum Gasteiger partial charge on any atom is 0.191 e. The van der Waals surface area contributed by atoms with Crippen molar-refractivity contribution in [3.8, 4) is 0 Å². The van der Waals surface area contributed by atoms with Crippen LogP contribution in [0.4, 0.5) is 0 Å². The number of nitrogens with zero attached hydrogens (tertiary/aromatic N) is 1. The van der Waals surface area contributed by atoms with Crippen molar-refractivity contribution in [2.24, 2.45) is 4.99 Å². The van der Waals surface area contributed by atoms with E-state index in [1.54, 1.807) is 14.2 Å². The van der Waals surface area contributed by atoms with Crippen molar-refractivity contribution in [1.82, 2.24) is 10.6 Å². The molecule has 0 fully saturated rings. The van der Waals surface area contributed by atoms with Gasteiger partial charge in [0.2, 0.25) is 0 Å². The van der Waals surface area contributed by atoms with E-state index < -0.39 is 0 Å². The quantitative estimate of drug-likeness (QED) is 0.460. The zero-order chi connectivity index (χ0) is 15.7. The first kappa shape index (κ1) is 17.5. The number of rotatable bonds is 7. The van der Waals surface area contributed by atoms with Crippen molar-refractivity contribution in [2.45, 2.75) is 32.6 Å². The lowest BCUT2D eigenvalue weighted by Gasteiger charge is -2.27. The van der Waals surface area contributed by atoms with Crippen molar-refractivity contribution >= 4 is 5.96 Å². The van der Waals surface area contributed by atoms with E-state index in [4.69, 9.17) is 4.74 Å². The van der Waals surface area contributed by atoms with Gasteiger partial charge in [0.25, 0.3) is 0 Å². The first-order valence-electron chi connectivity index (χ1n) is 7.56. The Hall–Kier alpha value is -1.55. The molecule has 0 bridgehead atoms. The normalized spacial score (nSPS) is 12.3. The van der Waals surface area contributed by atoms with E-state index in [0.717, 1.165) is 25.5 Å². The molecule has 118 valence electrons. The molecule has 0 aromatic heterocycles. The lowest BCUT2D eigenvalue weighted by molar-refractivity contribution is 0.203. The van der Waals surface area contributed by atoms with Crippen LogP contribution in [0.3, 0.4) is 0 Å². The molecule has 0 atom stereocenters. The van der Waals surface area contributed by atoms with Crippen LogP contribution in [0, 0.1) is 0 Å². The Morgan fingerprint density at radius 1 is 1.19 bits per heavy atom. The van der Waals surface area contributed by atoms with Gasteiger partial charge in [-0.05, 0) is 17.5 Å². The Kier molecular flexibility index (Phi) is 7.23. The first-order chi connectivity index (χ1) is 10.0. The summed E-state index contributed by atoms with van der Waals surface area (Å²) < 4.78 is 5.03. The van der Waals surface area contributed by atoms with Crippen molar-refractivity contribution in [3.63, 3.8) is 0 Å². The molecule has 1 rings (SSSR count). The molecule has 0 aliphatic rings. The number of ether oxygens (including phenoxy) is 1. The van der Waals surface area contributed by atoms with E-state index in [0.29, 0.717) is 6.61 Å². The van der Waals surface area contributed by atoms with Gasteiger partial charge in [0.1, 0.15) is 0 Å². The van der Waals surface area contributed by atoms with E-state index in [1.165, 1.54) is 11.1 Å². The third-order valence-corrected chi connectivity index (χ3v) is 3.66. The second-order valence-corrected chi connectivity index (χ2v) is 5.78. The van der Waals surface area contributed by atoms with Gasteiger partial charge in [0.15, 0.2) is 5.96 Å². The summed E-state index contributed by atoms with van der Waals surface area (Å²) in [5.41, 5.74) is 2.75. The molecule has 2 N–H and O–H groups in total. The topological polar surface area (TPSA) is 45.7 Å². The summed E-state index contributed by atoms with van der Waals surface area (Å²) >= 11 is 0. The minimum Gasteiger partial charge on any atom is -0.383 e. The van der Waals surface area contributed by atoms with Gasteiger partial charge < -0.3 is 15.4 Å². The van der Waals surface area contributed by atoms with Crippen LogP contribution in [0.1, 0.15) is 31.9 Å². The molecule has 0 saturated carbocycles. The van der Waals surface area contributed by atoms with Crippen LogP contribution in [0.2, 0.25) is 0 Å². The highest BCUT2D eigenvalue weighted by Gasteiger charge is 2.20. The van der Waals surface area contributed by atoms with Gasteiger partial charge in [-0.15, -0.1) is 0 Å². The molecule has 4 heteroatoms. The average Bonchev–Trinajstić information content (AvgIpc) is 2.50. The highest BCUT2D eigenvalue weighted by molar-refractivity contribution is 5.79. The third kappa shape index (κ3) is 5.76. The lowest BCUT2D eigenvalue weighted by Crippen LogP contribution is -2.44. The molecule has 0 heterocycles. The summed E-state index contributed by atoms with van der Waals surface area (Å²) in [5.74, 6) is 0.810. The number of aliphatic imine (C=N–C) groups is 1. The Morgan fingerprint density at radius 2 is 1.86 bits per heavy atom. The average molecular weight is 291 g/mol. The van der Waals surface area contributed by atoms with Crippen LogP contribution in [-0.2, 0) is 16.6 Å². The molecule has 0 unspecified atom stereocenters. The summed E-state index contributed by atoms with van der Waals surface area (Å²) in [7, 11) is 3.48. The molecule has 0 aliphatic heterocycles. The largest absolute Gasteiger partial charge is 0.383 e. The SMILES string of the molecule is CCc1ccc(C(C)(C)CNC(=NC)NCCOC)cc1. The summed E-state index contributed by atoms with van der Waals surface area (Å²) in [4.78, 5) is 4.22. The van der Waals surface area contributed by atoms with Crippen molar-refractivity contribution in [3.05, 3.63) is 35.4 Å². The number of hydrogen-bond acceptors (Lipinski definition) is 2. The highest BCUT2D eigenvalue weighted by Crippen LogP contribution is 2.22. The van der Waals surface area contributed by atoms with E-state index in [9.17, 15) is 0 Å². The van der Waals surface area contributed by atoms with Gasteiger partial charge in [-0.3, -0.25) is 4.99 Å². The van der Waals surface area contributed by atoms with Crippen molar-refractivity contribution in [1.29, 1.82) is 0 Å². The van der Waals surface area contributed by atoms with Gasteiger partial charge in [-0.1, -0.05) is 45.0 Å². The molecule has 0 spiro atoms. The molecular weight excluding hydrogens is 262 g/mol. The molecule has 21 heavy (non-hydrogen) atoms. The molecule has 1 aromatic rings. The molecule has 0 amide bonds. The number of nitrogens with one attached hydrogen (secondary N) is 2. The fraction of sp³-hybridized carbons (Fsp3) is 0.588. The molecule has 0 radical (unpaired) electrons. The van der Waals surface area contributed by atoms with Crippen LogP contribution in [0.5, 0.6) is 0 Å². The lowest BCUT2D eigenvalue weighted by atomic mass is 9.84. The predicted octanol–water partition coefficient (Wildman–Crippen LogP) is 2.34. The summed E-state index contributed by atoms with van der Waals surface area (Å²) in [6, 6.07) is 8.87. The van der Waals surface area contributed by atoms with Crippen LogP contribution < -0.4 is 10.6 Å². The summed E-state index contributed by atoms with van der Waals surface area (Å²) in [6.07, 6.45) is 1.08. The Bertz CT molecular complexity index is 438. The molecule has 0 aliphatic carbocycles. The van der Waals surface area contributed by atoms with Gasteiger partial charge in [-0.25, -0.2) is 0 Å². The Balaban J connectivity index is 2.57. The third-order valence-electron chi connectivity index (χ3n) is 3.66. The predicted molar refractivity (Wildman–Crippen MR) is 90.1 cm³/mol. The van der Waals surface area contributed by atoms with Gasteiger partial charge in [0.05, 0.1) is 6.61 Å². The number of aryl methyl sites for hydroxylation is 1. The standard InChI is InChI=1S/C17H29N3O/c1-6-14-7-9-15(10-8-14)17(2,3)13-20-16(18-4)19-11-12-21-5/h7-10H,6,11-13H2,1-5H3,(H2,18,19,20). The molecule has 0 saturated heterocycles. The van der Waals surface area contributed by atoms with Gasteiger partial charge in [-0.2, -0.15) is 0 Å². The number of benzene rings is 1. The van der Waals surface area contributed by atoms with Crippen LogP contribution in [0.25, 0.3) is 0 Å². The van der Waals surface area contributed by atoms with Crippen molar-refractivity contribution in [2.75, 3.05) is 33.9 Å². The maximum absolute atomic E-state index is 5.03. The number of methoxy groups -OCH3 is 1. The molecular formula is C17H29N3O. The van der Waals surface area contributed by atoms with Crippen LogP contribution in [-0.4, -0.2) is 39.8 Å². The van der Waals surface area contributed by atoms with E-state index in [-0.39, 0.29) is 5.41 Å². The van der Waals surface area contributed by atoms with E-state index in [1.807, 2.05) is 0 Å². The van der Waals surface area contributed by atoms with Gasteiger partial charge in [0, 0.05) is 32.7 Å². The Labute approximate surface area is 129 Å². The van der Waals surface area contributed by atoms with Gasteiger partial charge >= 0.3 is 0 Å². The van der Waals surface area contributed by atoms with Crippen LogP contribution in [0.15, 0.2) is 29.3 Å². The maximum atomic E-state index is 5.03. The number of guanidine groups is 1. The van der Waals surface area contributed by atoms with E-state index in [2.05, 4.69) is 60.7 Å². The summed E-state index contributed by atoms with van der Waals surface area (Å²) in [6.45, 7) is 8.90. The minimum absolute atomic E-state index is 0.0468. The zero-order valence-corrected chi connectivity index (χ0v) is 14.0. The fourth-order valence-corrected chi connectivity index (χ4v) is 2.09. The zero-order valence-electron chi connectivity index (χ0n) is 14.0. The highest BCUT2D eigenvalue weighted by atomic mass is 16.5. The number of hydrogen-bond donors (Lipinski definition) is 2. The Morgan fingerprint density at radius 3 is 2.38 bits per heavy atom. The molecule has 1 aromatic carbocycles.